The Labute approximate surface area is 163 Å². The molecule has 1 fully saturated rings. The molecule has 2 aliphatic heterocycles. The van der Waals surface area contributed by atoms with Crippen molar-refractivity contribution in [3.05, 3.63) is 34.9 Å². The molecule has 2 unspecified atom stereocenters. The normalized spacial score (nSPS) is 22.6. The Balaban J connectivity index is 1.86. The van der Waals surface area contributed by atoms with Gasteiger partial charge >= 0.3 is 6.03 Å². The molecule has 0 aromatic heterocycles. The average molecular weight is 395 g/mol. The van der Waals surface area contributed by atoms with Crippen LogP contribution in [0.1, 0.15) is 25.8 Å². The van der Waals surface area contributed by atoms with Gasteiger partial charge in [-0.05, 0) is 24.0 Å². The van der Waals surface area contributed by atoms with Gasteiger partial charge in [-0.1, -0.05) is 55.4 Å². The van der Waals surface area contributed by atoms with Crippen LogP contribution in [-0.4, -0.2) is 51.9 Å². The molecular weight excluding hydrogens is 372 g/mol. The van der Waals surface area contributed by atoms with Gasteiger partial charge < -0.3 is 9.80 Å². The van der Waals surface area contributed by atoms with Gasteiger partial charge in [0.25, 0.3) is 5.91 Å². The van der Waals surface area contributed by atoms with Crippen LogP contribution in [0.4, 0.5) is 4.79 Å². The fourth-order valence-corrected chi connectivity index (χ4v) is 4.48. The number of carbonyl (C=O) groups excluding carboxylic acids is 2. The molecule has 140 valence electrons. The lowest BCUT2D eigenvalue weighted by Gasteiger charge is -2.36. The number of imide groups is 1. The van der Waals surface area contributed by atoms with E-state index in [2.05, 4.69) is 19.2 Å². The fraction of sp³-hybridized carbons (Fsp3) is 0.500. The number of carbonyl (C=O) groups is 2. The summed E-state index contributed by atoms with van der Waals surface area (Å²) in [6.45, 7) is 4.83. The van der Waals surface area contributed by atoms with E-state index in [-0.39, 0.29) is 5.91 Å². The molecule has 0 spiro atoms. The molecule has 2 atom stereocenters. The second kappa shape index (κ2) is 7.88. The molecule has 1 N–H and O–H groups in total. The summed E-state index contributed by atoms with van der Waals surface area (Å²) in [6.07, 6.45) is 0.556. The predicted octanol–water partition coefficient (Wildman–Crippen LogP) is 3.17. The minimum absolute atomic E-state index is 0.312. The molecule has 0 radical (unpaired) electrons. The smallest absolute Gasteiger partial charge is 0.325 e. The van der Waals surface area contributed by atoms with Crippen LogP contribution in [0, 0.1) is 5.92 Å². The average Bonchev–Trinajstić information content (AvgIpc) is 2.94. The molecule has 2 heterocycles. The number of nitrogens with one attached hydrogen (secondary N) is 1. The number of nitrogens with zero attached hydrogens (tertiary/aromatic N) is 3. The zero-order valence-electron chi connectivity index (χ0n) is 15.1. The molecule has 8 heteroatoms. The maximum absolute atomic E-state index is 12.5. The fourth-order valence-electron chi connectivity index (χ4n) is 2.98. The minimum Gasteiger partial charge on any atom is -0.331 e. The Hall–Kier alpha value is -1.73. The van der Waals surface area contributed by atoms with Gasteiger partial charge in [-0.3, -0.25) is 10.1 Å². The lowest BCUT2D eigenvalue weighted by Crippen LogP contribution is -2.63. The molecule has 1 saturated heterocycles. The molecule has 26 heavy (non-hydrogen) atoms. The van der Waals surface area contributed by atoms with Crippen LogP contribution in [0.25, 0.3) is 0 Å². The van der Waals surface area contributed by atoms with Crippen molar-refractivity contribution in [1.82, 2.24) is 15.1 Å². The number of fused-ring (bicyclic) bond motifs is 1. The number of benzene rings is 1. The highest BCUT2D eigenvalue weighted by Gasteiger charge is 2.48. The number of amides is 3. The molecule has 6 nitrogen and oxygen atoms in total. The van der Waals surface area contributed by atoms with Crippen LogP contribution in [0.2, 0.25) is 5.02 Å². The van der Waals surface area contributed by atoms with Crippen LogP contribution >= 0.6 is 23.4 Å². The molecule has 1 aromatic rings. The maximum atomic E-state index is 12.5. The van der Waals surface area contributed by atoms with Gasteiger partial charge in [0.15, 0.2) is 17.4 Å². The third-order valence-corrected chi connectivity index (χ3v) is 5.95. The Bertz CT molecular complexity index is 740. The van der Waals surface area contributed by atoms with Crippen LogP contribution < -0.4 is 5.32 Å². The maximum Gasteiger partial charge on any atom is 0.325 e. The Morgan fingerprint density at radius 2 is 2.04 bits per heavy atom. The van der Waals surface area contributed by atoms with Crippen molar-refractivity contribution in [3.8, 4) is 0 Å². The standard InChI is InChI=1S/C18H23ClN4O2S/c1-11(2)8-9-26-18-20-15-14(16(24)21-17(25)22(15)3)23(18)10-12-6-4-5-7-13(12)19/h4-7,11,14-15H,8-10H2,1-3H3,(H,21,24,25). The highest BCUT2D eigenvalue weighted by molar-refractivity contribution is 8.13. The van der Waals surface area contributed by atoms with Crippen molar-refractivity contribution in [1.29, 1.82) is 0 Å². The first-order chi connectivity index (χ1) is 12.4. The first-order valence-corrected chi connectivity index (χ1v) is 10.0. The molecule has 1 aromatic carbocycles. The van der Waals surface area contributed by atoms with Crippen LogP contribution in [0.5, 0.6) is 0 Å². The van der Waals surface area contributed by atoms with Gasteiger partial charge in [-0.2, -0.15) is 0 Å². The summed E-state index contributed by atoms with van der Waals surface area (Å²) in [4.78, 5) is 32.6. The summed E-state index contributed by atoms with van der Waals surface area (Å²) in [7, 11) is 1.67. The van der Waals surface area contributed by atoms with Crippen molar-refractivity contribution >= 4 is 40.5 Å². The number of hydrogen-bond donors (Lipinski definition) is 1. The van der Waals surface area contributed by atoms with Gasteiger partial charge in [0.2, 0.25) is 0 Å². The third-order valence-electron chi connectivity index (χ3n) is 4.55. The number of rotatable bonds is 5. The molecule has 0 saturated carbocycles. The second-order valence-electron chi connectivity index (χ2n) is 6.93. The number of hydrogen-bond acceptors (Lipinski definition) is 5. The predicted molar refractivity (Wildman–Crippen MR) is 105 cm³/mol. The number of thioether (sulfide) groups is 1. The van der Waals surface area contributed by atoms with E-state index >= 15 is 0 Å². The quantitative estimate of drug-likeness (QED) is 0.833. The second-order valence-corrected chi connectivity index (χ2v) is 8.39. The van der Waals surface area contributed by atoms with Gasteiger partial charge in [0.1, 0.15) is 0 Å². The zero-order chi connectivity index (χ0) is 18.8. The lowest BCUT2D eigenvalue weighted by atomic mass is 10.1. The van der Waals surface area contributed by atoms with E-state index < -0.39 is 18.2 Å². The molecule has 0 aliphatic carbocycles. The summed E-state index contributed by atoms with van der Waals surface area (Å²) in [6, 6.07) is 6.64. The molecular formula is C18H23ClN4O2S. The first kappa shape index (κ1) is 19.0. The number of urea groups is 1. The van der Waals surface area contributed by atoms with Crippen LogP contribution in [0.15, 0.2) is 29.3 Å². The van der Waals surface area contributed by atoms with Gasteiger partial charge in [-0.15, -0.1) is 0 Å². The summed E-state index contributed by atoms with van der Waals surface area (Å²) < 4.78 is 0. The summed E-state index contributed by atoms with van der Waals surface area (Å²) >= 11 is 7.95. The van der Waals surface area contributed by atoms with Crippen molar-refractivity contribution in [2.24, 2.45) is 10.9 Å². The number of amidine groups is 1. The Morgan fingerprint density at radius 1 is 1.31 bits per heavy atom. The molecule has 0 bridgehead atoms. The van der Waals surface area contributed by atoms with Crippen molar-refractivity contribution < 1.29 is 9.59 Å². The van der Waals surface area contributed by atoms with E-state index in [0.29, 0.717) is 17.5 Å². The molecule has 2 aliphatic rings. The van der Waals surface area contributed by atoms with Gasteiger partial charge in [0.05, 0.1) is 0 Å². The highest BCUT2D eigenvalue weighted by Crippen LogP contribution is 2.31. The Kier molecular flexibility index (Phi) is 5.77. The topological polar surface area (TPSA) is 65.0 Å². The largest absolute Gasteiger partial charge is 0.331 e. The minimum atomic E-state index is -0.532. The third kappa shape index (κ3) is 3.83. The van der Waals surface area contributed by atoms with Gasteiger partial charge in [0, 0.05) is 24.4 Å². The number of halogens is 1. The van der Waals surface area contributed by atoms with E-state index in [4.69, 9.17) is 16.6 Å². The van der Waals surface area contributed by atoms with E-state index in [1.807, 2.05) is 29.2 Å². The van der Waals surface area contributed by atoms with E-state index in [1.165, 1.54) is 4.90 Å². The highest BCUT2D eigenvalue weighted by atomic mass is 35.5. The monoisotopic (exact) mass is 394 g/mol. The summed E-state index contributed by atoms with van der Waals surface area (Å²) in [5.74, 6) is 1.19. The van der Waals surface area contributed by atoms with Crippen molar-refractivity contribution in [2.45, 2.75) is 39.0 Å². The van der Waals surface area contributed by atoms with E-state index in [9.17, 15) is 9.59 Å². The summed E-state index contributed by atoms with van der Waals surface area (Å²) in [5.41, 5.74) is 0.930. The van der Waals surface area contributed by atoms with E-state index in [0.717, 1.165) is 22.9 Å². The molecule has 3 amide bonds. The zero-order valence-corrected chi connectivity index (χ0v) is 16.7. The Morgan fingerprint density at radius 3 is 2.73 bits per heavy atom. The van der Waals surface area contributed by atoms with E-state index in [1.54, 1.807) is 18.8 Å². The molecule has 3 rings (SSSR count). The van der Waals surface area contributed by atoms with Crippen LogP contribution in [-0.2, 0) is 11.3 Å². The van der Waals surface area contributed by atoms with Crippen LogP contribution in [0.3, 0.4) is 0 Å². The number of aliphatic imine (C=N–C) groups is 1. The first-order valence-electron chi connectivity index (χ1n) is 8.66. The van der Waals surface area contributed by atoms with Crippen molar-refractivity contribution in [2.75, 3.05) is 12.8 Å². The number of likely N-dealkylation sites (N-methyl/N-ethyl adjacent to an activating group) is 1. The summed E-state index contributed by atoms with van der Waals surface area (Å²) in [5, 5.41) is 3.86. The lowest BCUT2D eigenvalue weighted by molar-refractivity contribution is -0.127. The van der Waals surface area contributed by atoms with Crippen molar-refractivity contribution in [3.63, 3.8) is 0 Å². The SMILES string of the molecule is CC(C)CCSC1=NC2C(C(=O)NC(=O)N2C)N1Cc1ccccc1Cl. The van der Waals surface area contributed by atoms with Gasteiger partial charge in [-0.25, -0.2) is 9.79 Å².